The van der Waals surface area contributed by atoms with E-state index < -0.39 is 0 Å². The quantitative estimate of drug-likeness (QED) is 0.762. The molecule has 2 saturated heterocycles. The minimum absolute atomic E-state index is 0.156. The Morgan fingerprint density at radius 2 is 2.06 bits per heavy atom. The first-order chi connectivity index (χ1) is 15.0. The summed E-state index contributed by atoms with van der Waals surface area (Å²) in [6.45, 7) is 7.32. The molecule has 5 rings (SSSR count). The Balaban J connectivity index is 1.44. The summed E-state index contributed by atoms with van der Waals surface area (Å²) in [5.41, 5.74) is 4.36. The van der Waals surface area contributed by atoms with Gasteiger partial charge >= 0.3 is 0 Å². The van der Waals surface area contributed by atoms with Gasteiger partial charge in [-0.3, -0.25) is 0 Å². The molecule has 0 bridgehead atoms. The van der Waals surface area contributed by atoms with Crippen LogP contribution in [-0.2, 0) is 17.8 Å². The Morgan fingerprint density at radius 1 is 1.26 bits per heavy atom. The molecule has 1 spiro atoms. The molecule has 1 N–H and O–H groups in total. The van der Waals surface area contributed by atoms with Crippen LogP contribution in [0.3, 0.4) is 0 Å². The molecule has 4 heterocycles. The number of benzene rings is 1. The SMILES string of the molecule is Cc1nc(N2CCC3(CC2)CO[C@@H](C)C3)c(CO)nc1-c1ccc2c(c1Cl)OCCC2. The van der Waals surface area contributed by atoms with E-state index >= 15 is 0 Å². The number of nitrogens with zero attached hydrogens (tertiary/aromatic N) is 3. The fraction of sp³-hybridized carbons (Fsp3) is 0.583. The number of rotatable bonds is 3. The standard InChI is InChI=1S/C24H30ClN3O3/c1-15-12-24(14-31-15)7-9-28(10-8-24)23-19(13-29)27-21(16(2)26-23)18-6-5-17-4-3-11-30-22(17)20(18)25/h5-6,15,29H,3-4,7-14H2,1-2H3/t15-/m0/s1. The molecule has 0 amide bonds. The highest BCUT2D eigenvalue weighted by Crippen LogP contribution is 2.44. The van der Waals surface area contributed by atoms with Crippen LogP contribution in [0.25, 0.3) is 11.3 Å². The first-order valence-electron chi connectivity index (χ1n) is 11.3. The van der Waals surface area contributed by atoms with Crippen molar-refractivity contribution >= 4 is 17.4 Å². The van der Waals surface area contributed by atoms with E-state index in [1.165, 1.54) is 0 Å². The zero-order valence-electron chi connectivity index (χ0n) is 18.3. The molecule has 0 radical (unpaired) electrons. The van der Waals surface area contributed by atoms with Crippen LogP contribution in [0.1, 0.15) is 49.6 Å². The third-order valence-electron chi connectivity index (χ3n) is 7.06. The molecule has 2 aromatic rings. The second kappa shape index (κ2) is 8.23. The molecule has 6 nitrogen and oxygen atoms in total. The Labute approximate surface area is 188 Å². The lowest BCUT2D eigenvalue weighted by atomic mass is 9.77. The predicted molar refractivity (Wildman–Crippen MR) is 121 cm³/mol. The molecule has 7 heteroatoms. The van der Waals surface area contributed by atoms with Gasteiger partial charge < -0.3 is 19.5 Å². The number of aryl methyl sites for hydroxylation is 2. The van der Waals surface area contributed by atoms with Gasteiger partial charge in [-0.2, -0.15) is 0 Å². The van der Waals surface area contributed by atoms with Crippen LogP contribution in [-0.4, -0.2) is 47.5 Å². The number of halogens is 1. The van der Waals surface area contributed by atoms with Crippen LogP contribution in [0.4, 0.5) is 5.82 Å². The zero-order chi connectivity index (χ0) is 21.6. The fourth-order valence-electron chi connectivity index (χ4n) is 5.31. The van der Waals surface area contributed by atoms with Gasteiger partial charge in [0, 0.05) is 18.7 Å². The first-order valence-corrected chi connectivity index (χ1v) is 11.7. The van der Waals surface area contributed by atoms with Crippen molar-refractivity contribution in [1.82, 2.24) is 9.97 Å². The fourth-order valence-corrected chi connectivity index (χ4v) is 5.64. The molecular formula is C24H30ClN3O3. The molecule has 0 unspecified atom stereocenters. The lowest BCUT2D eigenvalue weighted by Gasteiger charge is -2.39. The molecule has 0 saturated carbocycles. The summed E-state index contributed by atoms with van der Waals surface area (Å²) in [7, 11) is 0. The maximum atomic E-state index is 10.1. The smallest absolute Gasteiger partial charge is 0.153 e. The maximum absolute atomic E-state index is 10.1. The van der Waals surface area contributed by atoms with Crippen LogP contribution in [0, 0.1) is 12.3 Å². The van der Waals surface area contributed by atoms with Gasteiger partial charge in [0.1, 0.15) is 11.4 Å². The van der Waals surface area contributed by atoms with Crippen molar-refractivity contribution in [1.29, 1.82) is 0 Å². The summed E-state index contributed by atoms with van der Waals surface area (Å²) in [5, 5.41) is 10.7. The summed E-state index contributed by atoms with van der Waals surface area (Å²) in [4.78, 5) is 12.0. The van der Waals surface area contributed by atoms with E-state index in [2.05, 4.69) is 17.9 Å². The van der Waals surface area contributed by atoms with Gasteiger partial charge in [0.2, 0.25) is 0 Å². The third-order valence-corrected chi connectivity index (χ3v) is 7.43. The molecule has 1 aromatic carbocycles. The Morgan fingerprint density at radius 3 is 2.77 bits per heavy atom. The van der Waals surface area contributed by atoms with Gasteiger partial charge in [-0.05, 0) is 56.9 Å². The Kier molecular flexibility index (Phi) is 5.57. The average molecular weight is 444 g/mol. The van der Waals surface area contributed by atoms with Crippen LogP contribution in [0.15, 0.2) is 12.1 Å². The van der Waals surface area contributed by atoms with Crippen LogP contribution < -0.4 is 9.64 Å². The van der Waals surface area contributed by atoms with E-state index in [0.29, 0.717) is 34.5 Å². The van der Waals surface area contributed by atoms with Crippen molar-refractivity contribution in [3.63, 3.8) is 0 Å². The molecule has 3 aliphatic heterocycles. The molecule has 1 atom stereocenters. The Hall–Kier alpha value is -1.89. The minimum Gasteiger partial charge on any atom is -0.492 e. The van der Waals surface area contributed by atoms with Gasteiger partial charge in [0.05, 0.1) is 42.3 Å². The summed E-state index contributed by atoms with van der Waals surface area (Å²) in [5.74, 6) is 1.55. The van der Waals surface area contributed by atoms with E-state index in [4.69, 9.17) is 31.0 Å². The number of hydrogen-bond donors (Lipinski definition) is 1. The number of fused-ring (bicyclic) bond motifs is 1. The highest BCUT2D eigenvalue weighted by molar-refractivity contribution is 6.35. The number of aliphatic hydroxyl groups excluding tert-OH is 1. The highest BCUT2D eigenvalue weighted by Gasteiger charge is 2.41. The largest absolute Gasteiger partial charge is 0.492 e. The monoisotopic (exact) mass is 443 g/mol. The van der Waals surface area contributed by atoms with Crippen molar-refractivity contribution < 1.29 is 14.6 Å². The maximum Gasteiger partial charge on any atom is 0.153 e. The number of aliphatic hydroxyl groups is 1. The van der Waals surface area contributed by atoms with Crippen molar-refractivity contribution in [2.24, 2.45) is 5.41 Å². The zero-order valence-corrected chi connectivity index (χ0v) is 19.0. The predicted octanol–water partition coefficient (Wildman–Crippen LogP) is 4.32. The molecule has 166 valence electrons. The summed E-state index contributed by atoms with van der Waals surface area (Å²) >= 11 is 6.72. The molecule has 2 fully saturated rings. The van der Waals surface area contributed by atoms with E-state index in [9.17, 15) is 5.11 Å². The van der Waals surface area contributed by atoms with Crippen molar-refractivity contribution in [2.45, 2.75) is 58.7 Å². The molecule has 31 heavy (non-hydrogen) atoms. The van der Waals surface area contributed by atoms with E-state index in [-0.39, 0.29) is 6.61 Å². The van der Waals surface area contributed by atoms with E-state index in [1.807, 2.05) is 13.0 Å². The summed E-state index contributed by atoms with van der Waals surface area (Å²) in [6, 6.07) is 4.07. The minimum atomic E-state index is -0.156. The normalized spacial score (nSPS) is 22.5. The second-order valence-corrected chi connectivity index (χ2v) is 9.64. The van der Waals surface area contributed by atoms with Crippen LogP contribution in [0.5, 0.6) is 5.75 Å². The average Bonchev–Trinajstić information content (AvgIpc) is 3.15. The van der Waals surface area contributed by atoms with Crippen molar-refractivity contribution in [3.05, 3.63) is 34.1 Å². The lowest BCUT2D eigenvalue weighted by molar-refractivity contribution is 0.0975. The summed E-state index contributed by atoms with van der Waals surface area (Å²) in [6.07, 6.45) is 5.63. The van der Waals surface area contributed by atoms with Crippen molar-refractivity contribution in [2.75, 3.05) is 31.2 Å². The van der Waals surface area contributed by atoms with E-state index in [1.54, 1.807) is 0 Å². The van der Waals surface area contributed by atoms with Gasteiger partial charge in [0.15, 0.2) is 5.82 Å². The van der Waals surface area contributed by atoms with Gasteiger partial charge in [0.25, 0.3) is 0 Å². The number of piperidine rings is 1. The highest BCUT2D eigenvalue weighted by atomic mass is 35.5. The number of anilines is 1. The lowest BCUT2D eigenvalue weighted by Crippen LogP contribution is -2.41. The van der Waals surface area contributed by atoms with E-state index in [0.717, 1.165) is 80.2 Å². The molecular weight excluding hydrogens is 414 g/mol. The van der Waals surface area contributed by atoms with Crippen LogP contribution in [0.2, 0.25) is 5.02 Å². The first kappa shape index (κ1) is 21.0. The third kappa shape index (κ3) is 3.79. The number of hydrogen-bond acceptors (Lipinski definition) is 6. The van der Waals surface area contributed by atoms with Crippen LogP contribution >= 0.6 is 11.6 Å². The summed E-state index contributed by atoms with van der Waals surface area (Å²) < 4.78 is 11.7. The molecule has 0 aliphatic carbocycles. The molecule has 3 aliphatic rings. The number of aromatic nitrogens is 2. The number of ether oxygens (including phenoxy) is 2. The topological polar surface area (TPSA) is 67.7 Å². The Bertz CT molecular complexity index is 989. The van der Waals surface area contributed by atoms with Gasteiger partial charge in [-0.15, -0.1) is 0 Å². The van der Waals surface area contributed by atoms with Crippen molar-refractivity contribution in [3.8, 4) is 17.0 Å². The van der Waals surface area contributed by atoms with Gasteiger partial charge in [-0.25, -0.2) is 9.97 Å². The second-order valence-electron chi connectivity index (χ2n) is 9.27. The molecule has 1 aromatic heterocycles. The van der Waals surface area contributed by atoms with Gasteiger partial charge in [-0.1, -0.05) is 23.7 Å².